The number of aliphatic hydroxyl groups is 1. The van der Waals surface area contributed by atoms with E-state index in [9.17, 15) is 9.90 Å². The van der Waals surface area contributed by atoms with E-state index in [1.807, 2.05) is 50.2 Å². The predicted molar refractivity (Wildman–Crippen MR) is 115 cm³/mol. The van der Waals surface area contributed by atoms with E-state index in [4.69, 9.17) is 16.6 Å². The lowest BCUT2D eigenvalue weighted by Crippen LogP contribution is -2.55. The number of aryl methyl sites for hydroxylation is 2. The van der Waals surface area contributed by atoms with E-state index >= 15 is 0 Å². The largest absolute Gasteiger partial charge is 0.391 e. The number of carbonyl (C=O) groups is 1. The Morgan fingerprint density at radius 2 is 2.10 bits per heavy atom. The highest BCUT2D eigenvalue weighted by atomic mass is 35.5. The molecule has 3 aromatic rings. The van der Waals surface area contributed by atoms with Crippen LogP contribution < -0.4 is 10.2 Å². The van der Waals surface area contributed by atoms with Gasteiger partial charge in [-0.2, -0.15) is 0 Å². The van der Waals surface area contributed by atoms with E-state index < -0.39 is 6.10 Å². The fourth-order valence-electron chi connectivity index (χ4n) is 4.08. The number of amides is 2. The molecule has 0 radical (unpaired) electrons. The summed E-state index contributed by atoms with van der Waals surface area (Å²) in [5, 5.41) is 14.4. The van der Waals surface area contributed by atoms with Crippen molar-refractivity contribution in [1.29, 1.82) is 0 Å². The normalized spacial score (nSPS) is 22.1. The second-order valence-electron chi connectivity index (χ2n) is 7.48. The van der Waals surface area contributed by atoms with Gasteiger partial charge < -0.3 is 5.11 Å². The molecule has 1 saturated carbocycles. The highest BCUT2D eigenvalue weighted by Gasteiger charge is 2.54. The smallest absolute Gasteiger partial charge is 0.329 e. The van der Waals surface area contributed by atoms with E-state index in [0.29, 0.717) is 22.4 Å². The Kier molecular flexibility index (Phi) is 4.34. The van der Waals surface area contributed by atoms with Crippen LogP contribution in [0.3, 0.4) is 0 Å². The molecule has 3 heterocycles. The number of carbonyl (C=O) groups excluding carboxylic acids is 1. The number of aliphatic hydroxyl groups excluding tert-OH is 1. The maximum absolute atomic E-state index is 13.1. The lowest BCUT2D eigenvalue weighted by atomic mass is 9.75. The molecule has 6 nitrogen and oxygen atoms in total. The van der Waals surface area contributed by atoms with E-state index in [1.165, 1.54) is 11.3 Å². The van der Waals surface area contributed by atoms with Crippen LogP contribution in [0, 0.1) is 13.8 Å². The van der Waals surface area contributed by atoms with Gasteiger partial charge in [0.25, 0.3) is 0 Å². The molecule has 1 fully saturated rings. The first-order valence-electron chi connectivity index (χ1n) is 9.41. The van der Waals surface area contributed by atoms with Gasteiger partial charge in [0, 0.05) is 26.9 Å². The van der Waals surface area contributed by atoms with Crippen LogP contribution in [0.5, 0.6) is 0 Å². The Morgan fingerprint density at radius 3 is 2.79 bits per heavy atom. The number of fused-ring (bicyclic) bond motifs is 3. The van der Waals surface area contributed by atoms with Gasteiger partial charge in [0.2, 0.25) is 0 Å². The summed E-state index contributed by atoms with van der Waals surface area (Å²) in [5.41, 5.74) is 3.51. The number of pyridine rings is 1. The summed E-state index contributed by atoms with van der Waals surface area (Å²) in [7, 11) is 0. The number of benzene rings is 1. The first kappa shape index (κ1) is 18.5. The minimum Gasteiger partial charge on any atom is -0.391 e. The van der Waals surface area contributed by atoms with Crippen molar-refractivity contribution < 1.29 is 9.90 Å². The van der Waals surface area contributed by atoms with Crippen LogP contribution in [0.1, 0.15) is 28.5 Å². The lowest BCUT2D eigenvalue weighted by Gasteiger charge is -2.40. The number of thiazole rings is 1. The molecule has 2 N–H and O–H groups in total. The van der Waals surface area contributed by atoms with Gasteiger partial charge in [0.1, 0.15) is 5.82 Å². The zero-order valence-electron chi connectivity index (χ0n) is 15.9. The topological polar surface area (TPSA) is 78.4 Å². The molecule has 29 heavy (non-hydrogen) atoms. The number of halogens is 1. The van der Waals surface area contributed by atoms with Crippen molar-refractivity contribution in [2.45, 2.75) is 38.3 Å². The van der Waals surface area contributed by atoms with Gasteiger partial charge in [-0.25, -0.2) is 14.8 Å². The Balaban J connectivity index is 1.52. The third kappa shape index (κ3) is 3.01. The standard InChI is InChI=1S/C21H19ClN4O2S/c1-10-11(2)29-20(23-10)25-21(28)26-18-15(9-17(18)27)14-6-7-16(24-19(14)26)12-4-3-5-13(22)8-12/h3-8,15,17-18,27H,9H2,1-2H3,(H,23,25,28)/t15?,17-,18?/m1/s1. The first-order valence-corrected chi connectivity index (χ1v) is 10.6. The van der Waals surface area contributed by atoms with Gasteiger partial charge in [-0.05, 0) is 38.5 Å². The summed E-state index contributed by atoms with van der Waals surface area (Å²) in [5.74, 6) is 0.697. The van der Waals surface area contributed by atoms with Crippen LogP contribution in [0.15, 0.2) is 36.4 Å². The highest BCUT2D eigenvalue weighted by molar-refractivity contribution is 7.15. The van der Waals surface area contributed by atoms with Crippen molar-refractivity contribution in [3.63, 3.8) is 0 Å². The number of anilines is 2. The highest BCUT2D eigenvalue weighted by Crippen LogP contribution is 2.51. The average molecular weight is 427 g/mol. The summed E-state index contributed by atoms with van der Waals surface area (Å²) in [6.07, 6.45) is 0.0732. The molecule has 0 bridgehead atoms. The third-order valence-corrected chi connectivity index (χ3v) is 6.94. The van der Waals surface area contributed by atoms with Crippen LogP contribution in [0.4, 0.5) is 15.7 Å². The monoisotopic (exact) mass is 426 g/mol. The second-order valence-corrected chi connectivity index (χ2v) is 9.12. The van der Waals surface area contributed by atoms with Crippen molar-refractivity contribution >= 4 is 39.9 Å². The van der Waals surface area contributed by atoms with Crippen LogP contribution in [0.25, 0.3) is 11.3 Å². The molecule has 5 rings (SSSR count). The maximum atomic E-state index is 13.1. The molecule has 1 aliphatic heterocycles. The SMILES string of the molecule is Cc1nc(NC(=O)N2c3nc(-c4cccc(Cl)c4)ccc3C3C[C@@H](O)C32)sc1C. The average Bonchev–Trinajstić information content (AvgIpc) is 3.14. The number of urea groups is 1. The zero-order chi connectivity index (χ0) is 20.3. The second kappa shape index (κ2) is 6.79. The fraction of sp³-hybridized carbons (Fsp3) is 0.286. The van der Waals surface area contributed by atoms with Crippen molar-refractivity contribution in [2.75, 3.05) is 10.2 Å². The molecule has 148 valence electrons. The molecular formula is C21H19ClN4O2S. The lowest BCUT2D eigenvalue weighted by molar-refractivity contribution is 0.0540. The summed E-state index contributed by atoms with van der Waals surface area (Å²) in [6, 6.07) is 10.8. The van der Waals surface area contributed by atoms with Crippen molar-refractivity contribution in [3.05, 3.63) is 57.6 Å². The number of hydrogen-bond acceptors (Lipinski definition) is 5. The van der Waals surface area contributed by atoms with Gasteiger partial charge in [-0.15, -0.1) is 11.3 Å². The van der Waals surface area contributed by atoms with Crippen LogP contribution in [0.2, 0.25) is 5.02 Å². The molecule has 2 unspecified atom stereocenters. The quantitative estimate of drug-likeness (QED) is 0.620. The summed E-state index contributed by atoms with van der Waals surface area (Å²) in [4.78, 5) is 25.0. The minimum absolute atomic E-state index is 0.103. The molecule has 3 atom stereocenters. The number of aromatic nitrogens is 2. The fourth-order valence-corrected chi connectivity index (χ4v) is 5.07. The molecule has 0 spiro atoms. The zero-order valence-corrected chi connectivity index (χ0v) is 17.5. The summed E-state index contributed by atoms with van der Waals surface area (Å²) < 4.78 is 0. The van der Waals surface area contributed by atoms with Gasteiger partial charge in [0.05, 0.1) is 23.5 Å². The van der Waals surface area contributed by atoms with E-state index in [-0.39, 0.29) is 18.0 Å². The number of hydrogen-bond donors (Lipinski definition) is 2. The van der Waals surface area contributed by atoms with Crippen molar-refractivity contribution in [2.24, 2.45) is 0 Å². The van der Waals surface area contributed by atoms with Crippen LogP contribution in [-0.4, -0.2) is 33.3 Å². The molecule has 1 aromatic carbocycles. The number of nitrogens with one attached hydrogen (secondary N) is 1. The molecule has 1 aliphatic carbocycles. The van der Waals surface area contributed by atoms with Crippen LogP contribution >= 0.6 is 22.9 Å². The molecule has 8 heteroatoms. The Morgan fingerprint density at radius 1 is 1.28 bits per heavy atom. The summed E-state index contributed by atoms with van der Waals surface area (Å²) in [6.45, 7) is 3.88. The first-order chi connectivity index (χ1) is 13.9. The maximum Gasteiger partial charge on any atom is 0.329 e. The van der Waals surface area contributed by atoms with E-state index in [0.717, 1.165) is 27.4 Å². The predicted octanol–water partition coefficient (Wildman–Crippen LogP) is 4.74. The Bertz CT molecular complexity index is 1110. The van der Waals surface area contributed by atoms with Gasteiger partial charge in [-0.1, -0.05) is 29.8 Å². The number of nitrogens with zero attached hydrogens (tertiary/aromatic N) is 3. The Labute approximate surface area is 177 Å². The van der Waals surface area contributed by atoms with Crippen molar-refractivity contribution in [1.82, 2.24) is 9.97 Å². The third-order valence-electron chi connectivity index (χ3n) is 5.71. The molecule has 2 aliphatic rings. The Hall–Kier alpha value is -2.48. The van der Waals surface area contributed by atoms with E-state index in [1.54, 1.807) is 4.90 Å². The molecule has 2 amide bonds. The van der Waals surface area contributed by atoms with Crippen LogP contribution in [-0.2, 0) is 0 Å². The van der Waals surface area contributed by atoms with Gasteiger partial charge in [0.15, 0.2) is 5.13 Å². The van der Waals surface area contributed by atoms with Gasteiger partial charge >= 0.3 is 6.03 Å². The van der Waals surface area contributed by atoms with Crippen molar-refractivity contribution in [3.8, 4) is 11.3 Å². The van der Waals surface area contributed by atoms with E-state index in [2.05, 4.69) is 10.3 Å². The summed E-state index contributed by atoms with van der Waals surface area (Å²) >= 11 is 7.57. The molecule has 0 saturated heterocycles. The number of rotatable bonds is 2. The molecule has 2 aromatic heterocycles. The molecular weight excluding hydrogens is 408 g/mol. The van der Waals surface area contributed by atoms with Gasteiger partial charge in [-0.3, -0.25) is 10.2 Å². The minimum atomic E-state index is -0.561.